The van der Waals surface area contributed by atoms with E-state index in [-0.39, 0.29) is 24.4 Å². The van der Waals surface area contributed by atoms with Crippen LogP contribution in [0.3, 0.4) is 0 Å². The number of benzene rings is 2. The number of para-hydroxylation sites is 1. The van der Waals surface area contributed by atoms with E-state index < -0.39 is 5.54 Å². The van der Waals surface area contributed by atoms with Gasteiger partial charge in [-0.25, -0.2) is 4.79 Å². The maximum Gasteiger partial charge on any atom is 0.321 e. The zero-order chi connectivity index (χ0) is 27.0. The number of amides is 4. The summed E-state index contributed by atoms with van der Waals surface area (Å²) in [5.74, 6) is 0.492. The molecule has 0 saturated carbocycles. The molecule has 1 spiro atoms. The van der Waals surface area contributed by atoms with Crippen LogP contribution < -0.4 is 20.3 Å². The predicted octanol–water partition coefficient (Wildman–Crippen LogP) is 2.91. The highest BCUT2D eigenvalue weighted by Crippen LogP contribution is 2.39. The molecule has 2 heterocycles. The van der Waals surface area contributed by atoms with Crippen LogP contribution in [0.25, 0.3) is 0 Å². The Balaban J connectivity index is 1.42. The molecule has 0 unspecified atom stereocenters. The van der Waals surface area contributed by atoms with Crippen molar-refractivity contribution in [2.24, 2.45) is 0 Å². The van der Waals surface area contributed by atoms with Gasteiger partial charge < -0.3 is 34.8 Å². The van der Waals surface area contributed by atoms with Gasteiger partial charge in [0.25, 0.3) is 5.91 Å². The van der Waals surface area contributed by atoms with Crippen LogP contribution in [0.5, 0.6) is 5.75 Å². The molecule has 2 saturated heterocycles. The van der Waals surface area contributed by atoms with Crippen molar-refractivity contribution in [3.63, 3.8) is 0 Å². The average Bonchev–Trinajstić information content (AvgIpc) is 3.19. The Morgan fingerprint density at radius 3 is 2.39 bits per heavy atom. The lowest BCUT2D eigenvalue weighted by atomic mass is 9.85. The molecule has 2 aliphatic rings. The van der Waals surface area contributed by atoms with Gasteiger partial charge in [0.1, 0.15) is 17.8 Å². The van der Waals surface area contributed by atoms with Crippen molar-refractivity contribution in [2.75, 3.05) is 63.4 Å². The molecule has 4 amide bonds. The van der Waals surface area contributed by atoms with Crippen LogP contribution in [0.15, 0.2) is 54.6 Å². The molecule has 10 heteroatoms. The monoisotopic (exact) mass is 523 g/mol. The summed E-state index contributed by atoms with van der Waals surface area (Å²) >= 11 is 0. The van der Waals surface area contributed by atoms with Crippen molar-refractivity contribution in [1.82, 2.24) is 15.1 Å². The van der Waals surface area contributed by atoms with Gasteiger partial charge in [0.2, 0.25) is 5.91 Å². The zero-order valence-corrected chi connectivity index (χ0v) is 22.2. The number of rotatable bonds is 10. The van der Waals surface area contributed by atoms with Crippen LogP contribution in [-0.4, -0.2) is 86.4 Å². The first-order chi connectivity index (χ1) is 18.5. The first-order valence-corrected chi connectivity index (χ1v) is 13.1. The smallest absolute Gasteiger partial charge is 0.321 e. The average molecular weight is 524 g/mol. The summed E-state index contributed by atoms with van der Waals surface area (Å²) in [6.45, 7) is 4.74. The van der Waals surface area contributed by atoms with Gasteiger partial charge in [-0.3, -0.25) is 9.59 Å². The Labute approximate surface area is 223 Å². The molecule has 2 aliphatic heterocycles. The second-order valence-corrected chi connectivity index (χ2v) is 9.51. The Morgan fingerprint density at radius 2 is 1.74 bits per heavy atom. The molecule has 2 N–H and O–H groups in total. The molecule has 38 heavy (non-hydrogen) atoms. The number of piperidine rings is 1. The van der Waals surface area contributed by atoms with Crippen LogP contribution in [-0.2, 0) is 14.3 Å². The summed E-state index contributed by atoms with van der Waals surface area (Å²) in [6, 6.07) is 16.8. The Kier molecular flexibility index (Phi) is 9.06. The molecular weight excluding hydrogens is 486 g/mol. The Bertz CT molecular complexity index is 1090. The maximum absolute atomic E-state index is 13.8. The van der Waals surface area contributed by atoms with Crippen LogP contribution in [0.2, 0.25) is 0 Å². The SMILES string of the molecule is CCOc1ccc(NC(=O)N2CCC3(CC2)C(=O)N(CC(=O)NCCCOC)CN3c2ccccc2)cc1. The highest BCUT2D eigenvalue weighted by atomic mass is 16.5. The second kappa shape index (κ2) is 12.6. The highest BCUT2D eigenvalue weighted by molar-refractivity contribution is 5.97. The summed E-state index contributed by atoms with van der Waals surface area (Å²) in [4.78, 5) is 44.8. The predicted molar refractivity (Wildman–Crippen MR) is 145 cm³/mol. The quantitative estimate of drug-likeness (QED) is 0.464. The number of urea groups is 1. The highest BCUT2D eigenvalue weighted by Gasteiger charge is 2.54. The molecule has 0 aromatic heterocycles. The van der Waals surface area contributed by atoms with E-state index in [1.54, 1.807) is 16.9 Å². The molecule has 0 aliphatic carbocycles. The molecule has 2 aromatic rings. The number of nitrogens with one attached hydrogen (secondary N) is 2. The van der Waals surface area contributed by atoms with Crippen LogP contribution >= 0.6 is 0 Å². The molecule has 10 nitrogen and oxygen atoms in total. The minimum absolute atomic E-state index is 0.00115. The van der Waals surface area contributed by atoms with Gasteiger partial charge in [0.05, 0.1) is 13.3 Å². The molecule has 2 aromatic carbocycles. The van der Waals surface area contributed by atoms with E-state index >= 15 is 0 Å². The van der Waals surface area contributed by atoms with Crippen molar-refractivity contribution in [3.8, 4) is 5.75 Å². The van der Waals surface area contributed by atoms with Gasteiger partial charge in [-0.15, -0.1) is 0 Å². The van der Waals surface area contributed by atoms with Gasteiger partial charge in [-0.1, -0.05) is 18.2 Å². The molecule has 0 bridgehead atoms. The fourth-order valence-corrected chi connectivity index (χ4v) is 5.08. The van der Waals surface area contributed by atoms with Crippen LogP contribution in [0.4, 0.5) is 16.2 Å². The minimum atomic E-state index is -0.798. The molecule has 0 atom stereocenters. The van der Waals surface area contributed by atoms with Crippen molar-refractivity contribution in [2.45, 2.75) is 31.7 Å². The Morgan fingerprint density at radius 1 is 1.03 bits per heavy atom. The number of nitrogens with zero attached hydrogens (tertiary/aromatic N) is 3. The van der Waals surface area contributed by atoms with Gasteiger partial charge in [-0.2, -0.15) is 0 Å². The third-order valence-electron chi connectivity index (χ3n) is 7.06. The van der Waals surface area contributed by atoms with Crippen molar-refractivity contribution in [3.05, 3.63) is 54.6 Å². The molecule has 204 valence electrons. The summed E-state index contributed by atoms with van der Waals surface area (Å²) in [5.41, 5.74) is 0.813. The fraction of sp³-hybridized carbons (Fsp3) is 0.464. The van der Waals surface area contributed by atoms with E-state index in [2.05, 4.69) is 15.5 Å². The van der Waals surface area contributed by atoms with E-state index in [0.29, 0.717) is 64.5 Å². The molecule has 4 rings (SSSR count). The van der Waals surface area contributed by atoms with E-state index in [0.717, 1.165) is 11.4 Å². The lowest BCUT2D eigenvalue weighted by Crippen LogP contribution is -2.58. The summed E-state index contributed by atoms with van der Waals surface area (Å²) in [5, 5.41) is 5.80. The number of hydrogen-bond donors (Lipinski definition) is 2. The van der Waals surface area contributed by atoms with Gasteiger partial charge in [0, 0.05) is 44.7 Å². The maximum atomic E-state index is 13.8. The first kappa shape index (κ1) is 27.3. The molecular formula is C28H37N5O5. The minimum Gasteiger partial charge on any atom is -0.494 e. The van der Waals surface area contributed by atoms with E-state index in [4.69, 9.17) is 9.47 Å². The molecule has 2 fully saturated rings. The normalized spacial score (nSPS) is 16.6. The number of anilines is 2. The third kappa shape index (κ3) is 6.19. The molecule has 0 radical (unpaired) electrons. The fourth-order valence-electron chi connectivity index (χ4n) is 5.08. The third-order valence-corrected chi connectivity index (χ3v) is 7.06. The van der Waals surface area contributed by atoms with E-state index in [1.807, 2.05) is 61.5 Å². The summed E-state index contributed by atoms with van der Waals surface area (Å²) in [6.07, 6.45) is 1.66. The summed E-state index contributed by atoms with van der Waals surface area (Å²) in [7, 11) is 1.62. The number of hydrogen-bond acceptors (Lipinski definition) is 6. The summed E-state index contributed by atoms with van der Waals surface area (Å²) < 4.78 is 10.5. The van der Waals surface area contributed by atoms with Crippen molar-refractivity contribution in [1.29, 1.82) is 0 Å². The second-order valence-electron chi connectivity index (χ2n) is 9.51. The number of ether oxygens (including phenoxy) is 2. The number of likely N-dealkylation sites (tertiary alicyclic amines) is 1. The van der Waals surface area contributed by atoms with Crippen LogP contribution in [0.1, 0.15) is 26.2 Å². The van der Waals surface area contributed by atoms with Gasteiger partial charge >= 0.3 is 6.03 Å². The van der Waals surface area contributed by atoms with Crippen molar-refractivity contribution < 1.29 is 23.9 Å². The van der Waals surface area contributed by atoms with Crippen LogP contribution in [0, 0.1) is 0 Å². The topological polar surface area (TPSA) is 103 Å². The zero-order valence-electron chi connectivity index (χ0n) is 22.2. The first-order valence-electron chi connectivity index (χ1n) is 13.1. The number of methoxy groups -OCH3 is 1. The van der Waals surface area contributed by atoms with Crippen molar-refractivity contribution >= 4 is 29.2 Å². The van der Waals surface area contributed by atoms with E-state index in [9.17, 15) is 14.4 Å². The van der Waals surface area contributed by atoms with E-state index in [1.165, 1.54) is 0 Å². The standard InChI is InChI=1S/C28H37N5O5/c1-3-38-24-12-10-22(11-13-24)30-27(36)31-17-14-28(15-18-31)26(35)32(20-25(34)29-16-7-19-37-2)21-33(28)23-8-5-4-6-9-23/h4-6,8-13H,3,7,14-21H2,1-2H3,(H,29,34)(H,30,36). The van der Waals surface area contributed by atoms with Gasteiger partial charge in [-0.05, 0) is 62.6 Å². The number of carbonyl (C=O) groups is 3. The lowest BCUT2D eigenvalue weighted by Gasteiger charge is -2.43. The number of carbonyl (C=O) groups excluding carboxylic acids is 3. The largest absolute Gasteiger partial charge is 0.494 e. The lowest BCUT2D eigenvalue weighted by molar-refractivity contribution is -0.137. The Hall–Kier alpha value is -3.79. The van der Waals surface area contributed by atoms with Gasteiger partial charge in [0.15, 0.2) is 0 Å².